The molecule has 0 aliphatic carbocycles. The van der Waals surface area contributed by atoms with Crippen LogP contribution in [0.25, 0.3) is 10.9 Å². The normalized spacial score (nSPS) is 25.5. The highest BCUT2D eigenvalue weighted by molar-refractivity contribution is 6.31. The molecule has 2 aromatic rings. The third-order valence-corrected chi connectivity index (χ3v) is 8.01. The van der Waals surface area contributed by atoms with Gasteiger partial charge in [-0.3, -0.25) is 19.4 Å². The fourth-order valence-corrected chi connectivity index (χ4v) is 6.16. The maximum absolute atomic E-state index is 13.5. The second kappa shape index (κ2) is 9.99. The van der Waals surface area contributed by atoms with Crippen molar-refractivity contribution < 1.29 is 18.4 Å². The van der Waals surface area contributed by atoms with Gasteiger partial charge in [0.05, 0.1) is 5.52 Å². The Labute approximate surface area is 208 Å². The van der Waals surface area contributed by atoms with E-state index in [2.05, 4.69) is 20.2 Å². The fraction of sp³-hybridized carbons (Fsp3) is 0.625. The maximum Gasteiger partial charge on any atom is 0.333 e. The van der Waals surface area contributed by atoms with E-state index in [1.54, 1.807) is 6.92 Å². The van der Waals surface area contributed by atoms with Crippen LogP contribution in [0.4, 0.5) is 8.78 Å². The van der Waals surface area contributed by atoms with E-state index >= 15 is 0 Å². The van der Waals surface area contributed by atoms with Gasteiger partial charge in [-0.15, -0.1) is 0 Å². The number of fused-ring (bicyclic) bond motifs is 3. The van der Waals surface area contributed by atoms with Crippen molar-refractivity contribution >= 4 is 34.3 Å². The molecule has 3 fully saturated rings. The van der Waals surface area contributed by atoms with Crippen molar-refractivity contribution in [2.24, 2.45) is 0 Å². The Bertz CT molecular complexity index is 1090. The van der Waals surface area contributed by atoms with E-state index in [0.29, 0.717) is 27.2 Å². The van der Waals surface area contributed by atoms with Crippen LogP contribution >= 0.6 is 11.6 Å². The van der Waals surface area contributed by atoms with Gasteiger partial charge in [-0.1, -0.05) is 11.6 Å². The predicted octanol–water partition coefficient (Wildman–Crippen LogP) is 2.97. The topological polar surface area (TPSA) is 73.7 Å². The Morgan fingerprint density at radius 3 is 2.43 bits per heavy atom. The Morgan fingerprint density at radius 2 is 1.80 bits per heavy atom. The summed E-state index contributed by atoms with van der Waals surface area (Å²) in [6, 6.07) is 5.29. The number of nitrogens with zero attached hydrogens (tertiary/aromatic N) is 5. The Kier molecular flexibility index (Phi) is 6.96. The lowest BCUT2D eigenvalue weighted by Crippen LogP contribution is -2.54. The summed E-state index contributed by atoms with van der Waals surface area (Å²) in [6.45, 7) is 4.14. The zero-order valence-electron chi connectivity index (χ0n) is 19.8. The summed E-state index contributed by atoms with van der Waals surface area (Å²) < 4.78 is 27.5. The molecule has 35 heavy (non-hydrogen) atoms. The molecule has 1 N–H and O–H groups in total. The summed E-state index contributed by atoms with van der Waals surface area (Å²) in [4.78, 5) is 31.5. The highest BCUT2D eigenvalue weighted by atomic mass is 35.5. The number of piperidine rings is 1. The van der Waals surface area contributed by atoms with E-state index < -0.39 is 12.5 Å². The summed E-state index contributed by atoms with van der Waals surface area (Å²) >= 11 is 6.06. The molecule has 2 bridgehead atoms. The number of carbonyl (C=O) groups excluding carboxylic acids is 2. The molecule has 5 rings (SSSR count). The number of aromatic nitrogens is 2. The minimum absolute atomic E-state index is 0.0118. The molecule has 11 heteroatoms. The number of halogens is 3. The third-order valence-electron chi connectivity index (χ3n) is 7.78. The van der Waals surface area contributed by atoms with Crippen molar-refractivity contribution in [1.29, 1.82) is 0 Å². The van der Waals surface area contributed by atoms with E-state index in [0.717, 1.165) is 65.0 Å². The zero-order valence-corrected chi connectivity index (χ0v) is 20.6. The van der Waals surface area contributed by atoms with Crippen LogP contribution in [0.2, 0.25) is 5.02 Å². The van der Waals surface area contributed by atoms with Crippen molar-refractivity contribution in [3.05, 3.63) is 28.9 Å². The SMILES string of the molecule is CC(=O)N1CCN(CCN2C3CCC2CC(NC(=O)c2nn(C(F)F)c4ccc(Cl)cc24)C3)CC1. The Morgan fingerprint density at radius 1 is 1.11 bits per heavy atom. The lowest BCUT2D eigenvalue weighted by Gasteiger charge is -2.41. The van der Waals surface area contributed by atoms with Gasteiger partial charge in [0.25, 0.3) is 5.91 Å². The van der Waals surface area contributed by atoms with Crippen molar-refractivity contribution in [2.75, 3.05) is 39.3 Å². The van der Waals surface area contributed by atoms with Gasteiger partial charge < -0.3 is 10.2 Å². The van der Waals surface area contributed by atoms with Gasteiger partial charge in [-0.2, -0.15) is 13.9 Å². The van der Waals surface area contributed by atoms with Gasteiger partial charge in [0.2, 0.25) is 5.91 Å². The monoisotopic (exact) mass is 508 g/mol. The number of amides is 2. The maximum atomic E-state index is 13.5. The average molecular weight is 509 g/mol. The summed E-state index contributed by atoms with van der Waals surface area (Å²) in [6.07, 6.45) is 3.89. The van der Waals surface area contributed by atoms with Crippen molar-refractivity contribution in [2.45, 2.75) is 57.3 Å². The molecule has 190 valence electrons. The Balaban J connectivity index is 1.19. The van der Waals surface area contributed by atoms with E-state index in [-0.39, 0.29) is 23.2 Å². The van der Waals surface area contributed by atoms with Gasteiger partial charge in [0.15, 0.2) is 5.69 Å². The molecule has 2 unspecified atom stereocenters. The van der Waals surface area contributed by atoms with E-state index in [9.17, 15) is 18.4 Å². The molecule has 3 aliphatic rings. The highest BCUT2D eigenvalue weighted by Gasteiger charge is 2.41. The van der Waals surface area contributed by atoms with Gasteiger partial charge in [0, 0.05) is 74.7 Å². The number of hydrogen-bond donors (Lipinski definition) is 1. The molecule has 3 saturated heterocycles. The van der Waals surface area contributed by atoms with Crippen molar-refractivity contribution in [3.63, 3.8) is 0 Å². The molecule has 4 heterocycles. The van der Waals surface area contributed by atoms with Crippen LogP contribution in [0.3, 0.4) is 0 Å². The van der Waals surface area contributed by atoms with Crippen LogP contribution in [0, 0.1) is 0 Å². The third kappa shape index (κ3) is 5.01. The van der Waals surface area contributed by atoms with Gasteiger partial charge in [-0.25, -0.2) is 4.68 Å². The molecule has 2 atom stereocenters. The quantitative estimate of drug-likeness (QED) is 0.649. The number of alkyl halides is 2. The number of rotatable bonds is 6. The first-order chi connectivity index (χ1) is 16.8. The van der Waals surface area contributed by atoms with Gasteiger partial charge in [-0.05, 0) is 43.9 Å². The zero-order chi connectivity index (χ0) is 24.7. The molecule has 8 nitrogen and oxygen atoms in total. The summed E-state index contributed by atoms with van der Waals surface area (Å²) in [5.74, 6) is -0.290. The molecule has 0 radical (unpaired) electrons. The number of carbonyl (C=O) groups is 2. The standard InChI is InChI=1S/C24H31ClF2N6O2/c1-15(34)31-9-6-30(7-10-31)8-11-32-18-3-4-19(32)14-17(13-18)28-23(35)22-20-12-16(25)2-5-21(20)33(29-22)24(26)27/h2,5,12,17-19,24H,3-4,6-11,13-14H2,1H3,(H,28,35). The smallest absolute Gasteiger partial charge is 0.333 e. The van der Waals surface area contributed by atoms with Crippen LogP contribution in [0.1, 0.15) is 49.6 Å². The van der Waals surface area contributed by atoms with E-state index in [1.165, 1.54) is 18.2 Å². The second-order valence-corrected chi connectivity index (χ2v) is 10.3. The molecule has 1 aromatic heterocycles. The van der Waals surface area contributed by atoms with Crippen LogP contribution in [0.5, 0.6) is 0 Å². The molecule has 3 aliphatic heterocycles. The Hall–Kier alpha value is -2.30. The van der Waals surface area contributed by atoms with Gasteiger partial charge in [0.1, 0.15) is 0 Å². The first-order valence-corrected chi connectivity index (χ1v) is 12.7. The molecule has 0 saturated carbocycles. The van der Waals surface area contributed by atoms with Crippen molar-refractivity contribution in [3.8, 4) is 0 Å². The number of hydrogen-bond acceptors (Lipinski definition) is 5. The largest absolute Gasteiger partial charge is 0.348 e. The first kappa shape index (κ1) is 24.4. The minimum atomic E-state index is -2.84. The van der Waals surface area contributed by atoms with Crippen LogP contribution in [-0.4, -0.2) is 93.7 Å². The number of piperazine rings is 1. The second-order valence-electron chi connectivity index (χ2n) is 9.84. The minimum Gasteiger partial charge on any atom is -0.348 e. The van der Waals surface area contributed by atoms with Crippen LogP contribution < -0.4 is 5.32 Å². The summed E-state index contributed by atoms with van der Waals surface area (Å²) in [5.41, 5.74) is 0.177. The van der Waals surface area contributed by atoms with Crippen LogP contribution in [0.15, 0.2) is 18.2 Å². The molecular weight excluding hydrogens is 478 g/mol. The highest BCUT2D eigenvalue weighted by Crippen LogP contribution is 2.36. The first-order valence-electron chi connectivity index (χ1n) is 12.3. The molecule has 1 aromatic carbocycles. The number of nitrogens with one attached hydrogen (secondary N) is 1. The molecule has 0 spiro atoms. The predicted molar refractivity (Wildman–Crippen MR) is 129 cm³/mol. The van der Waals surface area contributed by atoms with Crippen LogP contribution in [-0.2, 0) is 4.79 Å². The molecular formula is C24H31ClF2N6O2. The van der Waals surface area contributed by atoms with E-state index in [1.807, 2.05) is 4.90 Å². The fourth-order valence-electron chi connectivity index (χ4n) is 5.98. The lowest BCUT2D eigenvalue weighted by atomic mass is 9.97. The van der Waals surface area contributed by atoms with Gasteiger partial charge >= 0.3 is 6.55 Å². The molecule has 2 amide bonds. The van der Waals surface area contributed by atoms with Crippen molar-refractivity contribution in [1.82, 2.24) is 29.8 Å². The van der Waals surface area contributed by atoms with E-state index in [4.69, 9.17) is 11.6 Å². The lowest BCUT2D eigenvalue weighted by molar-refractivity contribution is -0.130. The average Bonchev–Trinajstić information content (AvgIpc) is 3.32. The number of benzene rings is 1. The summed E-state index contributed by atoms with van der Waals surface area (Å²) in [7, 11) is 0. The summed E-state index contributed by atoms with van der Waals surface area (Å²) in [5, 5.41) is 7.68.